The lowest BCUT2D eigenvalue weighted by molar-refractivity contribution is -0.120. The third-order valence-electron chi connectivity index (χ3n) is 4.88. The largest absolute Gasteiger partial charge is 0.350 e. The average Bonchev–Trinajstić information content (AvgIpc) is 2.64. The van der Waals surface area contributed by atoms with Crippen molar-refractivity contribution in [2.24, 2.45) is 5.92 Å². The van der Waals surface area contributed by atoms with E-state index in [4.69, 9.17) is 11.6 Å². The zero-order chi connectivity index (χ0) is 19.1. The lowest BCUT2D eigenvalue weighted by Gasteiger charge is -2.34. The molecule has 6 heteroatoms. The Morgan fingerprint density at radius 3 is 2.33 bits per heavy atom. The van der Waals surface area contributed by atoms with Gasteiger partial charge in [-0.2, -0.15) is 0 Å². The molecule has 0 aliphatic heterocycles. The van der Waals surface area contributed by atoms with E-state index in [1.807, 2.05) is 54.6 Å². The first-order chi connectivity index (χ1) is 13.1. The molecule has 0 heterocycles. The van der Waals surface area contributed by atoms with Crippen molar-refractivity contribution in [3.8, 4) is 0 Å². The van der Waals surface area contributed by atoms with Crippen LogP contribution in [0.2, 0.25) is 5.02 Å². The first kappa shape index (κ1) is 19.2. The summed E-state index contributed by atoms with van der Waals surface area (Å²) in [6.45, 7) is 0.384. The Morgan fingerprint density at radius 1 is 1.00 bits per heavy atom. The monoisotopic (exact) mass is 385 g/mol. The summed E-state index contributed by atoms with van der Waals surface area (Å²) >= 11 is 5.96. The van der Waals surface area contributed by atoms with Gasteiger partial charge in [-0.1, -0.05) is 60.5 Å². The van der Waals surface area contributed by atoms with Gasteiger partial charge in [0.05, 0.1) is 12.6 Å². The summed E-state index contributed by atoms with van der Waals surface area (Å²) in [5, 5.41) is 9.12. The van der Waals surface area contributed by atoms with E-state index >= 15 is 0 Å². The number of amides is 3. The van der Waals surface area contributed by atoms with E-state index in [0.29, 0.717) is 17.5 Å². The first-order valence-corrected chi connectivity index (χ1v) is 9.60. The summed E-state index contributed by atoms with van der Waals surface area (Å²) in [5.74, 6) is 0.199. The number of urea groups is 1. The van der Waals surface area contributed by atoms with E-state index in [9.17, 15) is 9.59 Å². The second-order valence-corrected chi connectivity index (χ2v) is 7.25. The minimum absolute atomic E-state index is 0.0589. The maximum absolute atomic E-state index is 12.3. The van der Waals surface area contributed by atoms with Crippen molar-refractivity contribution in [2.75, 3.05) is 6.54 Å². The number of hydrogen-bond donors (Lipinski definition) is 3. The Balaban J connectivity index is 1.47. The highest BCUT2D eigenvalue weighted by molar-refractivity contribution is 6.30. The lowest BCUT2D eigenvalue weighted by atomic mass is 9.77. The standard InChI is InChI=1S/C21H24ClN3O2/c22-18-11-9-17(10-12-18)20(16-7-4-8-16)25-21(27)24-14-19(26)23-13-15-5-2-1-3-6-15/h1-3,5-6,9-12,16,20H,4,7-8,13-14H2,(H,23,26)(H2,24,25,27). The van der Waals surface area contributed by atoms with Gasteiger partial charge in [-0.25, -0.2) is 4.79 Å². The van der Waals surface area contributed by atoms with Crippen LogP contribution in [0, 0.1) is 5.92 Å². The SMILES string of the molecule is O=C(CNC(=O)NC(c1ccc(Cl)cc1)C1CCC1)NCc1ccccc1. The van der Waals surface area contributed by atoms with Crippen molar-refractivity contribution in [3.63, 3.8) is 0 Å². The van der Waals surface area contributed by atoms with Crippen LogP contribution < -0.4 is 16.0 Å². The molecule has 1 unspecified atom stereocenters. The maximum atomic E-state index is 12.3. The molecule has 5 nitrogen and oxygen atoms in total. The molecule has 0 radical (unpaired) electrons. The highest BCUT2D eigenvalue weighted by Crippen LogP contribution is 2.37. The van der Waals surface area contributed by atoms with Crippen molar-refractivity contribution < 1.29 is 9.59 Å². The minimum atomic E-state index is -0.336. The van der Waals surface area contributed by atoms with E-state index in [1.54, 1.807) is 0 Å². The van der Waals surface area contributed by atoms with Crippen molar-refractivity contribution in [2.45, 2.75) is 31.8 Å². The highest BCUT2D eigenvalue weighted by atomic mass is 35.5. The fraction of sp³-hybridized carbons (Fsp3) is 0.333. The third kappa shape index (κ3) is 5.73. The van der Waals surface area contributed by atoms with Crippen LogP contribution in [0.1, 0.15) is 36.4 Å². The Hall–Kier alpha value is -2.53. The Bertz CT molecular complexity index is 761. The number of carbonyl (C=O) groups is 2. The Labute approximate surface area is 164 Å². The number of benzene rings is 2. The van der Waals surface area contributed by atoms with Crippen LogP contribution in [0.15, 0.2) is 54.6 Å². The molecule has 0 spiro atoms. The van der Waals surface area contributed by atoms with Gasteiger partial charge in [0.1, 0.15) is 0 Å². The van der Waals surface area contributed by atoms with Gasteiger partial charge in [-0.05, 0) is 42.0 Å². The van der Waals surface area contributed by atoms with E-state index in [2.05, 4.69) is 16.0 Å². The van der Waals surface area contributed by atoms with Gasteiger partial charge >= 0.3 is 6.03 Å². The molecule has 1 saturated carbocycles. The van der Waals surface area contributed by atoms with Gasteiger partial charge in [0, 0.05) is 11.6 Å². The number of rotatable bonds is 7. The molecule has 1 atom stereocenters. The predicted octanol–water partition coefficient (Wildman–Crippen LogP) is 3.80. The third-order valence-corrected chi connectivity index (χ3v) is 5.13. The summed E-state index contributed by atoms with van der Waals surface area (Å²) in [7, 11) is 0. The van der Waals surface area contributed by atoms with E-state index in [0.717, 1.165) is 24.0 Å². The van der Waals surface area contributed by atoms with E-state index in [1.165, 1.54) is 6.42 Å². The van der Waals surface area contributed by atoms with Gasteiger partial charge in [-0.3, -0.25) is 4.79 Å². The molecular weight excluding hydrogens is 362 g/mol. The van der Waals surface area contributed by atoms with Crippen molar-refractivity contribution >= 4 is 23.5 Å². The number of nitrogens with one attached hydrogen (secondary N) is 3. The van der Waals surface area contributed by atoms with Crippen LogP contribution in [0.3, 0.4) is 0 Å². The number of halogens is 1. The number of carbonyl (C=O) groups excluding carboxylic acids is 2. The average molecular weight is 386 g/mol. The van der Waals surface area contributed by atoms with Crippen molar-refractivity contribution in [1.82, 2.24) is 16.0 Å². The van der Waals surface area contributed by atoms with Crippen LogP contribution in [0.25, 0.3) is 0 Å². The Kier molecular flexibility index (Phi) is 6.71. The quantitative estimate of drug-likeness (QED) is 0.678. The molecule has 0 aromatic heterocycles. The fourth-order valence-electron chi connectivity index (χ4n) is 3.13. The molecule has 3 N–H and O–H groups in total. The molecule has 3 rings (SSSR count). The molecule has 0 bridgehead atoms. The van der Waals surface area contributed by atoms with Gasteiger partial charge < -0.3 is 16.0 Å². The lowest BCUT2D eigenvalue weighted by Crippen LogP contribution is -2.45. The van der Waals surface area contributed by atoms with Gasteiger partial charge in [0.25, 0.3) is 0 Å². The predicted molar refractivity (Wildman–Crippen MR) is 106 cm³/mol. The molecule has 0 saturated heterocycles. The molecule has 3 amide bonds. The summed E-state index contributed by atoms with van der Waals surface area (Å²) in [5.41, 5.74) is 2.05. The van der Waals surface area contributed by atoms with Crippen LogP contribution in [-0.4, -0.2) is 18.5 Å². The topological polar surface area (TPSA) is 70.2 Å². The molecule has 2 aromatic carbocycles. The van der Waals surface area contributed by atoms with Crippen LogP contribution in [-0.2, 0) is 11.3 Å². The minimum Gasteiger partial charge on any atom is -0.350 e. The zero-order valence-electron chi connectivity index (χ0n) is 15.1. The molecule has 142 valence electrons. The zero-order valence-corrected chi connectivity index (χ0v) is 15.8. The van der Waals surface area contributed by atoms with Gasteiger partial charge in [0.2, 0.25) is 5.91 Å². The smallest absolute Gasteiger partial charge is 0.315 e. The van der Waals surface area contributed by atoms with Crippen molar-refractivity contribution in [1.29, 1.82) is 0 Å². The fourth-order valence-corrected chi connectivity index (χ4v) is 3.25. The molecule has 2 aromatic rings. The maximum Gasteiger partial charge on any atom is 0.315 e. The van der Waals surface area contributed by atoms with Gasteiger partial charge in [-0.15, -0.1) is 0 Å². The number of hydrogen-bond acceptors (Lipinski definition) is 2. The molecule has 1 aliphatic carbocycles. The summed E-state index contributed by atoms with van der Waals surface area (Å²) in [6, 6.07) is 16.8. The van der Waals surface area contributed by atoms with Gasteiger partial charge in [0.15, 0.2) is 0 Å². The summed E-state index contributed by atoms with van der Waals surface area (Å²) in [6.07, 6.45) is 3.36. The first-order valence-electron chi connectivity index (χ1n) is 9.22. The summed E-state index contributed by atoms with van der Waals surface area (Å²) in [4.78, 5) is 24.2. The second-order valence-electron chi connectivity index (χ2n) is 6.81. The molecule has 1 fully saturated rings. The molecular formula is C21H24ClN3O2. The normalized spacial score (nSPS) is 14.7. The summed E-state index contributed by atoms with van der Waals surface area (Å²) < 4.78 is 0. The molecule has 1 aliphatic rings. The Morgan fingerprint density at radius 2 is 1.70 bits per heavy atom. The highest BCUT2D eigenvalue weighted by Gasteiger charge is 2.29. The molecule has 27 heavy (non-hydrogen) atoms. The van der Waals surface area contributed by atoms with E-state index in [-0.39, 0.29) is 24.5 Å². The van der Waals surface area contributed by atoms with E-state index < -0.39 is 0 Å². The second kappa shape index (κ2) is 9.42. The van der Waals surface area contributed by atoms with Crippen molar-refractivity contribution in [3.05, 3.63) is 70.7 Å². The van der Waals surface area contributed by atoms with Crippen LogP contribution >= 0.6 is 11.6 Å². The van der Waals surface area contributed by atoms with Crippen LogP contribution in [0.4, 0.5) is 4.79 Å². The van der Waals surface area contributed by atoms with Crippen LogP contribution in [0.5, 0.6) is 0 Å².